The third-order valence-electron chi connectivity index (χ3n) is 5.85. The van der Waals surface area contributed by atoms with Crippen molar-refractivity contribution in [3.8, 4) is 17.6 Å². The summed E-state index contributed by atoms with van der Waals surface area (Å²) >= 11 is 0. The number of halogens is 1. The maximum Gasteiger partial charge on any atom is 0.323 e. The zero-order chi connectivity index (χ0) is 25.6. The Morgan fingerprint density at radius 1 is 1.03 bits per heavy atom. The minimum atomic E-state index is -0.630. The molecule has 186 valence electrons. The first-order chi connectivity index (χ1) is 18.1. The Bertz CT molecular complexity index is 1460. The third kappa shape index (κ3) is 6.16. The first-order valence-corrected chi connectivity index (χ1v) is 11.8. The number of anilines is 2. The normalized spacial score (nSPS) is 13.6. The molecule has 2 amide bonds. The molecule has 0 spiro atoms. The maximum absolute atomic E-state index is 14.8. The number of amides is 2. The fraction of sp³-hybridized carbons (Fsp3) is 0.185. The van der Waals surface area contributed by atoms with E-state index in [2.05, 4.69) is 25.8 Å². The number of rotatable bonds is 6. The third-order valence-corrected chi connectivity index (χ3v) is 5.85. The second-order valence-corrected chi connectivity index (χ2v) is 8.55. The first kappa shape index (κ1) is 24.1. The maximum atomic E-state index is 14.8. The van der Waals surface area contributed by atoms with Gasteiger partial charge >= 0.3 is 6.03 Å². The van der Waals surface area contributed by atoms with Crippen molar-refractivity contribution in [3.05, 3.63) is 83.9 Å². The number of ether oxygens (including phenoxy) is 1. The number of fused-ring (bicyclic) bond motifs is 1. The highest BCUT2D eigenvalue weighted by Crippen LogP contribution is 2.28. The van der Waals surface area contributed by atoms with Crippen LogP contribution in [0.15, 0.2) is 66.9 Å². The number of carbonyl (C=O) groups excluding carboxylic acids is 1. The molecule has 1 aliphatic rings. The van der Waals surface area contributed by atoms with Crippen LogP contribution in [0.4, 0.5) is 20.6 Å². The van der Waals surface area contributed by atoms with Crippen LogP contribution in [-0.4, -0.2) is 47.1 Å². The zero-order valence-corrected chi connectivity index (χ0v) is 19.9. The van der Waals surface area contributed by atoms with Gasteiger partial charge in [-0.1, -0.05) is 0 Å². The van der Waals surface area contributed by atoms with Crippen molar-refractivity contribution in [3.63, 3.8) is 0 Å². The molecule has 0 aliphatic carbocycles. The van der Waals surface area contributed by atoms with Crippen molar-refractivity contribution < 1.29 is 13.9 Å². The molecule has 4 aromatic rings. The number of benzene rings is 3. The lowest BCUT2D eigenvalue weighted by Crippen LogP contribution is -2.43. The minimum absolute atomic E-state index is 0.0160. The van der Waals surface area contributed by atoms with E-state index in [0.717, 1.165) is 43.9 Å². The Kier molecular flexibility index (Phi) is 7.16. The van der Waals surface area contributed by atoms with Gasteiger partial charge in [-0.2, -0.15) is 5.26 Å². The summed E-state index contributed by atoms with van der Waals surface area (Å²) in [7, 11) is 0. The van der Waals surface area contributed by atoms with E-state index in [1.807, 2.05) is 6.07 Å². The number of aromatic nitrogens is 2. The van der Waals surface area contributed by atoms with Crippen molar-refractivity contribution in [2.45, 2.75) is 6.54 Å². The van der Waals surface area contributed by atoms with Crippen molar-refractivity contribution in [1.82, 2.24) is 20.2 Å². The van der Waals surface area contributed by atoms with Crippen LogP contribution in [0.2, 0.25) is 0 Å². The van der Waals surface area contributed by atoms with Crippen molar-refractivity contribution in [2.24, 2.45) is 0 Å². The van der Waals surface area contributed by atoms with E-state index in [4.69, 9.17) is 15.0 Å². The molecule has 5 rings (SSSR count). The molecule has 1 saturated heterocycles. The highest BCUT2D eigenvalue weighted by molar-refractivity contribution is 5.99. The van der Waals surface area contributed by atoms with E-state index >= 15 is 0 Å². The van der Waals surface area contributed by atoms with Gasteiger partial charge in [0.15, 0.2) is 11.6 Å². The fourth-order valence-corrected chi connectivity index (χ4v) is 3.98. The largest absolute Gasteiger partial charge is 0.454 e. The topological polar surface area (TPSA) is 115 Å². The Hall–Kier alpha value is -4.59. The molecule has 10 heteroatoms. The van der Waals surface area contributed by atoms with E-state index in [1.54, 1.807) is 54.7 Å². The van der Waals surface area contributed by atoms with Crippen molar-refractivity contribution >= 4 is 28.4 Å². The van der Waals surface area contributed by atoms with Crippen molar-refractivity contribution in [1.29, 1.82) is 5.26 Å². The summed E-state index contributed by atoms with van der Waals surface area (Å²) in [5.41, 5.74) is 3.52. The molecular weight excluding hydrogens is 473 g/mol. The molecule has 0 unspecified atom stereocenters. The second-order valence-electron chi connectivity index (χ2n) is 8.55. The lowest BCUT2D eigenvalue weighted by Gasteiger charge is -2.26. The SMILES string of the molecule is N#Cc1ccc(NC(=O)Nc2ccc(Oc3ccc4ncc(CN5CCNCC5)nc4c3)c(F)c2)cc1. The highest BCUT2D eigenvalue weighted by atomic mass is 19.1. The predicted molar refractivity (Wildman–Crippen MR) is 138 cm³/mol. The number of hydrogen-bond acceptors (Lipinski definition) is 7. The Labute approximate surface area is 212 Å². The predicted octanol–water partition coefficient (Wildman–Crippen LogP) is 4.48. The lowest BCUT2D eigenvalue weighted by molar-refractivity contribution is 0.230. The Balaban J connectivity index is 1.24. The van der Waals surface area contributed by atoms with Gasteiger partial charge in [0.1, 0.15) is 5.75 Å². The molecule has 0 radical (unpaired) electrons. The Morgan fingerprint density at radius 3 is 2.54 bits per heavy atom. The van der Waals surface area contributed by atoms with Crippen LogP contribution < -0.4 is 20.7 Å². The van der Waals surface area contributed by atoms with Gasteiger partial charge in [0.05, 0.1) is 34.6 Å². The molecule has 9 nitrogen and oxygen atoms in total. The van der Waals surface area contributed by atoms with E-state index in [0.29, 0.717) is 22.5 Å². The average molecular weight is 498 g/mol. The quantitative estimate of drug-likeness (QED) is 0.360. The monoisotopic (exact) mass is 497 g/mol. The summed E-state index contributed by atoms with van der Waals surface area (Å²) in [6.07, 6.45) is 1.79. The average Bonchev–Trinajstić information content (AvgIpc) is 2.91. The summed E-state index contributed by atoms with van der Waals surface area (Å²) in [5, 5.41) is 17.4. The minimum Gasteiger partial charge on any atom is -0.454 e. The number of nitriles is 1. The Morgan fingerprint density at radius 2 is 1.78 bits per heavy atom. The number of urea groups is 1. The fourth-order valence-electron chi connectivity index (χ4n) is 3.98. The van der Waals surface area contributed by atoms with Gasteiger partial charge in [0.2, 0.25) is 0 Å². The second kappa shape index (κ2) is 11.0. The van der Waals surface area contributed by atoms with Crippen molar-refractivity contribution in [2.75, 3.05) is 36.8 Å². The molecule has 3 N–H and O–H groups in total. The van der Waals surface area contributed by atoms with Gasteiger partial charge in [-0.3, -0.25) is 9.88 Å². The lowest BCUT2D eigenvalue weighted by atomic mass is 10.2. The van der Waals surface area contributed by atoms with Gasteiger partial charge in [0.25, 0.3) is 0 Å². The molecular formula is C27H24FN7O2. The van der Waals surface area contributed by atoms with Gasteiger partial charge in [-0.25, -0.2) is 14.2 Å². The summed E-state index contributed by atoms with van der Waals surface area (Å²) in [5.74, 6) is -0.184. The van der Waals surface area contributed by atoms with E-state index in [9.17, 15) is 9.18 Å². The van der Waals surface area contributed by atoms with Crippen LogP contribution in [0.25, 0.3) is 11.0 Å². The standard InChI is InChI=1S/C27H24FN7O2/c28-23-13-20(34-27(36)33-19-3-1-18(15-29)2-4-19)5-8-26(23)37-22-6-7-24-25(14-22)32-21(16-31-24)17-35-11-9-30-10-12-35/h1-8,13-14,16,30H,9-12,17H2,(H2,33,34,36). The number of nitrogens with one attached hydrogen (secondary N) is 3. The zero-order valence-electron chi connectivity index (χ0n) is 19.9. The molecule has 1 fully saturated rings. The number of carbonyl (C=O) groups is 1. The van der Waals surface area contributed by atoms with Gasteiger partial charge < -0.3 is 20.7 Å². The van der Waals surface area contributed by atoms with Gasteiger partial charge in [-0.05, 0) is 48.5 Å². The molecule has 3 aromatic carbocycles. The molecule has 0 saturated carbocycles. The summed E-state index contributed by atoms with van der Waals surface area (Å²) in [6.45, 7) is 4.56. The van der Waals surface area contributed by atoms with Crippen LogP contribution in [-0.2, 0) is 6.54 Å². The highest BCUT2D eigenvalue weighted by Gasteiger charge is 2.13. The number of nitrogens with zero attached hydrogens (tertiary/aromatic N) is 4. The molecule has 1 aromatic heterocycles. The van der Waals surface area contributed by atoms with Gasteiger partial charge in [0, 0.05) is 56.2 Å². The van der Waals surface area contributed by atoms with E-state index in [-0.39, 0.29) is 11.4 Å². The molecule has 37 heavy (non-hydrogen) atoms. The van der Waals surface area contributed by atoms with Crippen LogP contribution >= 0.6 is 0 Å². The molecule has 0 atom stereocenters. The molecule has 2 heterocycles. The van der Waals surface area contributed by atoms with E-state index < -0.39 is 11.8 Å². The smallest absolute Gasteiger partial charge is 0.323 e. The van der Waals surface area contributed by atoms with Gasteiger partial charge in [-0.15, -0.1) is 0 Å². The van der Waals surface area contributed by atoms with E-state index in [1.165, 1.54) is 12.1 Å². The summed E-state index contributed by atoms with van der Waals surface area (Å²) in [6, 6.07) is 17.3. The van der Waals surface area contributed by atoms with Crippen LogP contribution in [0, 0.1) is 17.1 Å². The summed E-state index contributed by atoms with van der Waals surface area (Å²) < 4.78 is 20.5. The molecule has 1 aliphatic heterocycles. The van der Waals surface area contributed by atoms with Crippen LogP contribution in [0.3, 0.4) is 0 Å². The number of hydrogen-bond donors (Lipinski definition) is 3. The molecule has 0 bridgehead atoms. The first-order valence-electron chi connectivity index (χ1n) is 11.8. The van der Waals surface area contributed by atoms with Crippen LogP contribution in [0.5, 0.6) is 11.5 Å². The summed E-state index contributed by atoms with van der Waals surface area (Å²) in [4.78, 5) is 23.8. The van der Waals surface area contributed by atoms with Crippen LogP contribution in [0.1, 0.15) is 11.3 Å². The number of piperazine rings is 1.